The van der Waals surface area contributed by atoms with Crippen LogP contribution in [-0.2, 0) is 0 Å². The van der Waals surface area contributed by atoms with Crippen LogP contribution in [0.3, 0.4) is 0 Å². The van der Waals surface area contributed by atoms with Crippen LogP contribution < -0.4 is 11.1 Å². The number of hydrogen-bond donors (Lipinski definition) is 2. The molecular weight excluding hydrogens is 231 g/mol. The zero-order valence-electron chi connectivity index (χ0n) is 8.76. The van der Waals surface area contributed by atoms with E-state index in [0.29, 0.717) is 16.0 Å². The van der Waals surface area contributed by atoms with E-state index < -0.39 is 0 Å². The van der Waals surface area contributed by atoms with Crippen molar-refractivity contribution in [3.63, 3.8) is 0 Å². The van der Waals surface area contributed by atoms with Gasteiger partial charge in [-0.3, -0.25) is 0 Å². The van der Waals surface area contributed by atoms with Gasteiger partial charge in [0.2, 0.25) is 0 Å². The quantitative estimate of drug-likeness (QED) is 0.836. The summed E-state index contributed by atoms with van der Waals surface area (Å²) in [6.07, 6.45) is 1.04. The van der Waals surface area contributed by atoms with E-state index in [4.69, 9.17) is 28.9 Å². The van der Waals surface area contributed by atoms with Crippen molar-refractivity contribution in [3.05, 3.63) is 28.2 Å². The number of rotatable bonds is 5. The minimum absolute atomic E-state index is 0.534. The van der Waals surface area contributed by atoms with Crippen LogP contribution in [0.4, 0.5) is 5.69 Å². The van der Waals surface area contributed by atoms with E-state index in [1.807, 2.05) is 12.1 Å². The molecule has 1 aromatic carbocycles. The van der Waals surface area contributed by atoms with Gasteiger partial charge in [-0.05, 0) is 37.1 Å². The van der Waals surface area contributed by atoms with E-state index in [2.05, 4.69) is 12.2 Å². The molecule has 0 saturated heterocycles. The predicted molar refractivity (Wildman–Crippen MR) is 67.8 cm³/mol. The Morgan fingerprint density at radius 3 is 2.40 bits per heavy atom. The second-order valence-electron chi connectivity index (χ2n) is 3.71. The maximum atomic E-state index is 5.87. The molecule has 0 spiro atoms. The molecule has 1 atom stereocenters. The summed E-state index contributed by atoms with van der Waals surface area (Å²) in [6, 6.07) is 5.44. The minimum atomic E-state index is 0.534. The average Bonchev–Trinajstić information content (AvgIpc) is 2.16. The van der Waals surface area contributed by atoms with Gasteiger partial charge in [-0.1, -0.05) is 30.1 Å². The summed E-state index contributed by atoms with van der Waals surface area (Å²) in [6.45, 7) is 3.74. The highest BCUT2D eigenvalue weighted by atomic mass is 35.5. The van der Waals surface area contributed by atoms with Crippen LogP contribution in [-0.4, -0.2) is 13.1 Å². The van der Waals surface area contributed by atoms with Crippen molar-refractivity contribution >= 4 is 28.9 Å². The first kappa shape index (κ1) is 12.6. The third-order valence-electron chi connectivity index (χ3n) is 2.23. The molecule has 1 unspecified atom stereocenters. The average molecular weight is 247 g/mol. The van der Waals surface area contributed by atoms with Gasteiger partial charge >= 0.3 is 0 Å². The van der Waals surface area contributed by atoms with Crippen LogP contribution in [0.15, 0.2) is 18.2 Å². The van der Waals surface area contributed by atoms with Gasteiger partial charge in [-0.25, -0.2) is 0 Å². The predicted octanol–water partition coefficient (Wildman–Crippen LogP) is 3.39. The lowest BCUT2D eigenvalue weighted by Gasteiger charge is -2.10. The standard InChI is InChI=1S/C11H16Cl2N2/c1-8(7-14)2-3-15-11-5-9(12)4-10(13)6-11/h4-6,8,15H,2-3,7,14H2,1H3. The van der Waals surface area contributed by atoms with Crippen LogP contribution in [0.1, 0.15) is 13.3 Å². The molecule has 0 radical (unpaired) electrons. The molecule has 0 bridgehead atoms. The Hall–Kier alpha value is -0.440. The van der Waals surface area contributed by atoms with Crippen LogP contribution in [0.25, 0.3) is 0 Å². The van der Waals surface area contributed by atoms with E-state index >= 15 is 0 Å². The molecule has 2 nitrogen and oxygen atoms in total. The zero-order chi connectivity index (χ0) is 11.3. The number of nitrogens with one attached hydrogen (secondary N) is 1. The Morgan fingerprint density at radius 2 is 1.87 bits per heavy atom. The maximum Gasteiger partial charge on any atom is 0.0441 e. The van der Waals surface area contributed by atoms with E-state index in [-0.39, 0.29) is 0 Å². The lowest BCUT2D eigenvalue weighted by Crippen LogP contribution is -2.14. The molecule has 3 N–H and O–H groups in total. The zero-order valence-corrected chi connectivity index (χ0v) is 10.3. The molecule has 0 heterocycles. The van der Waals surface area contributed by atoms with E-state index in [1.165, 1.54) is 0 Å². The normalized spacial score (nSPS) is 12.5. The molecule has 0 fully saturated rings. The molecule has 4 heteroatoms. The Bertz CT molecular complexity index is 295. The van der Waals surface area contributed by atoms with Crippen molar-refractivity contribution in [2.24, 2.45) is 11.7 Å². The molecule has 1 aromatic rings. The summed E-state index contributed by atoms with van der Waals surface area (Å²) in [5.74, 6) is 0.534. The smallest absolute Gasteiger partial charge is 0.0441 e. The van der Waals surface area contributed by atoms with E-state index in [0.717, 1.165) is 25.2 Å². The summed E-state index contributed by atoms with van der Waals surface area (Å²) >= 11 is 11.7. The monoisotopic (exact) mass is 246 g/mol. The van der Waals surface area contributed by atoms with Crippen molar-refractivity contribution < 1.29 is 0 Å². The molecule has 15 heavy (non-hydrogen) atoms. The van der Waals surface area contributed by atoms with Gasteiger partial charge in [0.15, 0.2) is 0 Å². The molecule has 84 valence electrons. The third-order valence-corrected chi connectivity index (χ3v) is 2.67. The lowest BCUT2D eigenvalue weighted by molar-refractivity contribution is 0.561. The highest BCUT2D eigenvalue weighted by molar-refractivity contribution is 6.35. The van der Waals surface area contributed by atoms with E-state index in [1.54, 1.807) is 6.07 Å². The van der Waals surface area contributed by atoms with Crippen molar-refractivity contribution in [3.8, 4) is 0 Å². The fraction of sp³-hybridized carbons (Fsp3) is 0.455. The van der Waals surface area contributed by atoms with Crippen molar-refractivity contribution in [1.29, 1.82) is 0 Å². The Kier molecular flexibility index (Phi) is 5.23. The van der Waals surface area contributed by atoms with Crippen molar-refractivity contribution in [1.82, 2.24) is 0 Å². The molecule has 0 aliphatic rings. The van der Waals surface area contributed by atoms with Gasteiger partial charge in [0, 0.05) is 22.3 Å². The Labute approximate surface area is 101 Å². The minimum Gasteiger partial charge on any atom is -0.385 e. The van der Waals surface area contributed by atoms with Gasteiger partial charge in [0.1, 0.15) is 0 Å². The van der Waals surface area contributed by atoms with Gasteiger partial charge in [-0.2, -0.15) is 0 Å². The molecule has 0 aliphatic heterocycles. The van der Waals surface area contributed by atoms with Gasteiger partial charge < -0.3 is 11.1 Å². The van der Waals surface area contributed by atoms with Crippen LogP contribution in [0, 0.1) is 5.92 Å². The summed E-state index contributed by atoms with van der Waals surface area (Å²) in [4.78, 5) is 0. The number of halogens is 2. The van der Waals surface area contributed by atoms with Crippen LogP contribution in [0.2, 0.25) is 10.0 Å². The lowest BCUT2D eigenvalue weighted by atomic mass is 10.1. The van der Waals surface area contributed by atoms with Crippen LogP contribution >= 0.6 is 23.2 Å². The molecule has 0 aromatic heterocycles. The summed E-state index contributed by atoms with van der Waals surface area (Å²) in [7, 11) is 0. The first-order valence-electron chi connectivity index (χ1n) is 5.02. The maximum absolute atomic E-state index is 5.87. The number of hydrogen-bond acceptors (Lipinski definition) is 2. The fourth-order valence-corrected chi connectivity index (χ4v) is 1.76. The summed E-state index contributed by atoms with van der Waals surface area (Å²) in [5, 5.41) is 4.57. The van der Waals surface area contributed by atoms with Gasteiger partial charge in [0.25, 0.3) is 0 Å². The van der Waals surface area contributed by atoms with Gasteiger partial charge in [0.05, 0.1) is 0 Å². The highest BCUT2D eigenvalue weighted by Crippen LogP contribution is 2.22. The van der Waals surface area contributed by atoms with Crippen molar-refractivity contribution in [2.75, 3.05) is 18.4 Å². The Balaban J connectivity index is 2.43. The SMILES string of the molecule is CC(CN)CCNc1cc(Cl)cc(Cl)c1. The first-order chi connectivity index (χ1) is 7.11. The third kappa shape index (κ3) is 4.74. The largest absolute Gasteiger partial charge is 0.385 e. The second-order valence-corrected chi connectivity index (χ2v) is 4.59. The first-order valence-corrected chi connectivity index (χ1v) is 5.77. The molecule has 0 aliphatic carbocycles. The molecular formula is C11H16Cl2N2. The van der Waals surface area contributed by atoms with Gasteiger partial charge in [-0.15, -0.1) is 0 Å². The fourth-order valence-electron chi connectivity index (χ4n) is 1.24. The topological polar surface area (TPSA) is 38.0 Å². The molecule has 1 rings (SSSR count). The number of anilines is 1. The number of nitrogens with two attached hydrogens (primary N) is 1. The highest BCUT2D eigenvalue weighted by Gasteiger charge is 2.00. The Morgan fingerprint density at radius 1 is 1.27 bits per heavy atom. The second kappa shape index (κ2) is 6.21. The number of benzene rings is 1. The molecule has 0 saturated carbocycles. The summed E-state index contributed by atoms with van der Waals surface area (Å²) in [5.41, 5.74) is 6.49. The molecule has 0 amide bonds. The summed E-state index contributed by atoms with van der Waals surface area (Å²) < 4.78 is 0. The van der Waals surface area contributed by atoms with E-state index in [9.17, 15) is 0 Å². The van der Waals surface area contributed by atoms with Crippen molar-refractivity contribution in [2.45, 2.75) is 13.3 Å². The van der Waals surface area contributed by atoms with Crippen LogP contribution in [0.5, 0.6) is 0 Å².